The Morgan fingerprint density at radius 1 is 1.22 bits per heavy atom. The Balaban J connectivity index is 1.41. The lowest BCUT2D eigenvalue weighted by Gasteiger charge is -2.27. The number of aryl methyl sites for hydroxylation is 1. The molecule has 0 spiro atoms. The molecule has 0 bridgehead atoms. The average molecular weight is 528 g/mol. The van der Waals surface area contributed by atoms with Crippen molar-refractivity contribution in [2.75, 3.05) is 63.6 Å². The van der Waals surface area contributed by atoms with E-state index in [4.69, 9.17) is 9.72 Å². The van der Waals surface area contributed by atoms with Gasteiger partial charge in [-0.15, -0.1) is 11.3 Å². The minimum Gasteiger partial charge on any atom is -0.372 e. The third-order valence-electron chi connectivity index (χ3n) is 6.39. The first-order valence-electron chi connectivity index (χ1n) is 12.2. The van der Waals surface area contributed by atoms with Gasteiger partial charge in [-0.25, -0.2) is 9.97 Å². The zero-order valence-electron chi connectivity index (χ0n) is 20.5. The number of rotatable bonds is 8. The highest BCUT2D eigenvalue weighted by molar-refractivity contribution is 7.16. The van der Waals surface area contributed by atoms with E-state index >= 15 is 0 Å². The van der Waals surface area contributed by atoms with Crippen molar-refractivity contribution in [2.45, 2.75) is 44.7 Å². The number of nitrogens with zero attached hydrogens (tertiary/aromatic N) is 5. The molecule has 4 heterocycles. The molecule has 198 valence electrons. The summed E-state index contributed by atoms with van der Waals surface area (Å²) in [7, 11) is 2.10. The molecule has 2 fully saturated rings. The van der Waals surface area contributed by atoms with Crippen molar-refractivity contribution in [3.8, 4) is 0 Å². The van der Waals surface area contributed by atoms with Crippen LogP contribution < -0.4 is 10.6 Å². The minimum atomic E-state index is -4.60. The number of aromatic nitrogens is 3. The standard InChI is InChI=1S/C23H32F3N7O2S/c1-15-20(36-21(29-15)16-5-10-32(2)11-6-16)31-22-28-13-17(23(24,25)26)19(30-22)27-7-3-8-33-9-4-12-35-14-18(33)34/h13,16H,3-12,14H2,1-2H3,(H2,27,28,30,31). The van der Waals surface area contributed by atoms with Crippen LogP contribution in [0, 0.1) is 6.92 Å². The second-order valence-electron chi connectivity index (χ2n) is 9.19. The highest BCUT2D eigenvalue weighted by atomic mass is 32.1. The van der Waals surface area contributed by atoms with Crippen LogP contribution in [0.1, 0.15) is 47.9 Å². The van der Waals surface area contributed by atoms with E-state index in [1.807, 2.05) is 6.92 Å². The fourth-order valence-corrected chi connectivity index (χ4v) is 5.43. The molecule has 0 radical (unpaired) electrons. The number of anilines is 3. The van der Waals surface area contributed by atoms with Crippen molar-refractivity contribution in [1.29, 1.82) is 0 Å². The number of alkyl halides is 3. The van der Waals surface area contributed by atoms with Gasteiger partial charge in [0, 0.05) is 38.4 Å². The Hall–Kier alpha value is -2.51. The molecule has 0 aromatic carbocycles. The van der Waals surface area contributed by atoms with Crippen LogP contribution >= 0.6 is 11.3 Å². The first kappa shape index (κ1) is 26.6. The number of hydrogen-bond acceptors (Lipinski definition) is 9. The molecular weight excluding hydrogens is 495 g/mol. The van der Waals surface area contributed by atoms with Gasteiger partial charge in [0.25, 0.3) is 0 Å². The fourth-order valence-electron chi connectivity index (χ4n) is 4.30. The van der Waals surface area contributed by atoms with Crippen LogP contribution in [0.4, 0.5) is 29.9 Å². The number of halogens is 3. The number of piperidine rings is 1. The maximum absolute atomic E-state index is 13.6. The molecule has 2 N–H and O–H groups in total. The predicted octanol–water partition coefficient (Wildman–Crippen LogP) is 3.86. The van der Waals surface area contributed by atoms with E-state index in [2.05, 4.69) is 32.5 Å². The molecule has 0 unspecified atom stereocenters. The highest BCUT2D eigenvalue weighted by Crippen LogP contribution is 2.37. The van der Waals surface area contributed by atoms with Crippen LogP contribution in [0.3, 0.4) is 0 Å². The molecule has 0 atom stereocenters. The number of thiazole rings is 1. The SMILES string of the molecule is Cc1nc(C2CCN(C)CC2)sc1Nc1ncc(C(F)(F)F)c(NCCCN2CCCOCC2=O)n1. The Kier molecular flexibility index (Phi) is 8.62. The molecule has 1 amide bonds. The number of carbonyl (C=O) groups is 1. The molecule has 0 aliphatic carbocycles. The van der Waals surface area contributed by atoms with E-state index in [0.717, 1.165) is 54.3 Å². The van der Waals surface area contributed by atoms with Crippen LogP contribution in [-0.2, 0) is 15.7 Å². The van der Waals surface area contributed by atoms with Gasteiger partial charge in [0.05, 0.1) is 10.7 Å². The maximum atomic E-state index is 13.6. The number of nitrogens with one attached hydrogen (secondary N) is 2. The number of hydrogen-bond donors (Lipinski definition) is 2. The summed E-state index contributed by atoms with van der Waals surface area (Å²) in [5.74, 6) is 0.0700. The lowest BCUT2D eigenvalue weighted by atomic mass is 9.98. The maximum Gasteiger partial charge on any atom is 0.421 e. The topological polar surface area (TPSA) is 95.5 Å². The summed E-state index contributed by atoms with van der Waals surface area (Å²) in [6, 6.07) is 0. The summed E-state index contributed by atoms with van der Waals surface area (Å²) in [6.07, 6.45) is -0.519. The van der Waals surface area contributed by atoms with E-state index in [1.165, 1.54) is 11.3 Å². The lowest BCUT2D eigenvalue weighted by Crippen LogP contribution is -2.34. The van der Waals surface area contributed by atoms with Crippen LogP contribution in [0.5, 0.6) is 0 Å². The molecule has 9 nitrogen and oxygen atoms in total. The molecule has 2 aromatic rings. The molecule has 0 saturated carbocycles. The van der Waals surface area contributed by atoms with E-state index in [9.17, 15) is 18.0 Å². The van der Waals surface area contributed by atoms with Gasteiger partial charge in [0.1, 0.15) is 23.0 Å². The summed E-state index contributed by atoms with van der Waals surface area (Å²) < 4.78 is 46.0. The van der Waals surface area contributed by atoms with Crippen LogP contribution in [0.25, 0.3) is 0 Å². The van der Waals surface area contributed by atoms with Crippen molar-refractivity contribution < 1.29 is 22.7 Å². The van der Waals surface area contributed by atoms with Gasteiger partial charge in [-0.05, 0) is 52.7 Å². The Bertz CT molecular complexity index is 1040. The zero-order chi connectivity index (χ0) is 25.7. The van der Waals surface area contributed by atoms with Crippen molar-refractivity contribution in [1.82, 2.24) is 24.8 Å². The Labute approximate surface area is 212 Å². The normalized spacial score (nSPS) is 18.4. The van der Waals surface area contributed by atoms with Gasteiger partial charge in [0.2, 0.25) is 11.9 Å². The fraction of sp³-hybridized carbons (Fsp3) is 0.652. The van der Waals surface area contributed by atoms with Crippen LogP contribution in [0.15, 0.2) is 6.20 Å². The largest absolute Gasteiger partial charge is 0.421 e. The zero-order valence-corrected chi connectivity index (χ0v) is 21.3. The van der Waals surface area contributed by atoms with Crippen LogP contribution in [0.2, 0.25) is 0 Å². The molecule has 2 aliphatic rings. The first-order valence-corrected chi connectivity index (χ1v) is 13.0. The summed E-state index contributed by atoms with van der Waals surface area (Å²) >= 11 is 1.51. The minimum absolute atomic E-state index is 0.0447. The lowest BCUT2D eigenvalue weighted by molar-refractivity contribution is -0.137. The van der Waals surface area contributed by atoms with Crippen molar-refractivity contribution in [3.63, 3.8) is 0 Å². The number of likely N-dealkylation sites (tertiary alicyclic amines) is 1. The second kappa shape index (κ2) is 11.7. The van der Waals surface area contributed by atoms with Gasteiger partial charge >= 0.3 is 6.18 Å². The molecular formula is C23H32F3N7O2S. The average Bonchev–Trinajstić information content (AvgIpc) is 3.06. The Morgan fingerprint density at radius 2 is 2.00 bits per heavy atom. The number of amides is 1. The number of carbonyl (C=O) groups excluding carboxylic acids is 1. The van der Waals surface area contributed by atoms with E-state index in [1.54, 1.807) is 4.90 Å². The Morgan fingerprint density at radius 3 is 2.75 bits per heavy atom. The van der Waals surface area contributed by atoms with Gasteiger partial charge in [-0.3, -0.25) is 4.79 Å². The molecule has 2 aliphatic heterocycles. The monoisotopic (exact) mass is 527 g/mol. The highest BCUT2D eigenvalue weighted by Gasteiger charge is 2.35. The van der Waals surface area contributed by atoms with Crippen molar-refractivity contribution in [3.05, 3.63) is 22.5 Å². The third kappa shape index (κ3) is 6.83. The molecule has 13 heteroatoms. The van der Waals surface area contributed by atoms with Gasteiger partial charge < -0.3 is 25.2 Å². The van der Waals surface area contributed by atoms with Gasteiger partial charge in [0.15, 0.2) is 0 Å². The van der Waals surface area contributed by atoms with E-state index in [0.29, 0.717) is 32.0 Å². The third-order valence-corrected chi connectivity index (χ3v) is 7.63. The number of ether oxygens (including phenoxy) is 1. The summed E-state index contributed by atoms with van der Waals surface area (Å²) in [4.78, 5) is 28.8. The second-order valence-corrected chi connectivity index (χ2v) is 10.2. The smallest absolute Gasteiger partial charge is 0.372 e. The quantitative estimate of drug-likeness (QED) is 0.500. The van der Waals surface area contributed by atoms with Crippen molar-refractivity contribution >= 4 is 34.0 Å². The van der Waals surface area contributed by atoms with Crippen molar-refractivity contribution in [2.24, 2.45) is 0 Å². The molecule has 2 aromatic heterocycles. The van der Waals surface area contributed by atoms with Crippen LogP contribution in [-0.4, -0.2) is 83.6 Å². The first-order chi connectivity index (χ1) is 17.2. The molecule has 4 rings (SSSR count). The van der Waals surface area contributed by atoms with E-state index < -0.39 is 11.7 Å². The molecule has 2 saturated heterocycles. The summed E-state index contributed by atoms with van der Waals surface area (Å²) in [5, 5.41) is 7.62. The van der Waals surface area contributed by atoms with Gasteiger partial charge in [-0.1, -0.05) is 0 Å². The predicted molar refractivity (Wildman–Crippen MR) is 132 cm³/mol. The summed E-state index contributed by atoms with van der Waals surface area (Å²) in [5.41, 5.74) is -0.154. The van der Waals surface area contributed by atoms with E-state index in [-0.39, 0.29) is 30.8 Å². The summed E-state index contributed by atoms with van der Waals surface area (Å²) in [6.45, 7) is 5.73. The van der Waals surface area contributed by atoms with Gasteiger partial charge in [-0.2, -0.15) is 18.2 Å². The molecule has 36 heavy (non-hydrogen) atoms.